The summed E-state index contributed by atoms with van der Waals surface area (Å²) in [6, 6.07) is 4.13. The van der Waals surface area contributed by atoms with E-state index in [1.54, 1.807) is 9.58 Å². The van der Waals surface area contributed by atoms with Crippen LogP contribution in [0.1, 0.15) is 11.3 Å². The molecule has 1 heterocycles. The Bertz CT molecular complexity index is 446. The van der Waals surface area contributed by atoms with Gasteiger partial charge in [-0.25, -0.2) is 0 Å². The van der Waals surface area contributed by atoms with Crippen molar-refractivity contribution in [1.82, 2.24) is 14.7 Å². The van der Waals surface area contributed by atoms with Crippen LogP contribution in [-0.4, -0.2) is 34.8 Å². The molecule has 0 saturated carbocycles. The van der Waals surface area contributed by atoms with E-state index in [0.29, 0.717) is 6.54 Å². The van der Waals surface area contributed by atoms with E-state index in [-0.39, 0.29) is 13.1 Å². The molecule has 0 aliphatic rings. The molecule has 1 rings (SSSR count). The van der Waals surface area contributed by atoms with Gasteiger partial charge in [-0.15, -0.1) is 0 Å². The zero-order valence-corrected chi connectivity index (χ0v) is 10.4. The highest BCUT2D eigenvalue weighted by molar-refractivity contribution is 5.46. The Morgan fingerprint density at radius 3 is 2.41 bits per heavy atom. The van der Waals surface area contributed by atoms with Crippen LogP contribution in [0.4, 0.5) is 5.82 Å². The van der Waals surface area contributed by atoms with Gasteiger partial charge in [-0.2, -0.15) is 15.6 Å². The van der Waals surface area contributed by atoms with Crippen molar-refractivity contribution in [3.8, 4) is 12.1 Å². The second kappa shape index (κ2) is 5.88. The van der Waals surface area contributed by atoms with E-state index in [4.69, 9.17) is 10.5 Å². The summed E-state index contributed by atoms with van der Waals surface area (Å²) in [6.45, 7) is 2.96. The van der Waals surface area contributed by atoms with Gasteiger partial charge < -0.3 is 5.32 Å². The summed E-state index contributed by atoms with van der Waals surface area (Å²) in [4.78, 5) is 1.78. The average molecular weight is 232 g/mol. The summed E-state index contributed by atoms with van der Waals surface area (Å²) in [5, 5.41) is 24.8. The molecule has 6 nitrogen and oxygen atoms in total. The molecule has 0 fully saturated rings. The van der Waals surface area contributed by atoms with E-state index in [1.165, 1.54) is 0 Å². The average Bonchev–Trinajstić information content (AvgIpc) is 2.54. The SMILES string of the molecule is CNc1c(CN(CC#N)CC#N)c(C)nn1C. The Balaban J connectivity index is 2.93. The molecule has 0 unspecified atom stereocenters. The summed E-state index contributed by atoms with van der Waals surface area (Å²) in [5.74, 6) is 0.920. The van der Waals surface area contributed by atoms with E-state index in [1.807, 2.05) is 21.0 Å². The monoisotopic (exact) mass is 232 g/mol. The maximum Gasteiger partial charge on any atom is 0.128 e. The Morgan fingerprint density at radius 1 is 1.35 bits per heavy atom. The molecule has 0 aromatic carbocycles. The fourth-order valence-electron chi connectivity index (χ4n) is 1.80. The zero-order valence-electron chi connectivity index (χ0n) is 10.4. The molecule has 0 bridgehead atoms. The second-order valence-corrected chi connectivity index (χ2v) is 3.75. The number of aryl methyl sites for hydroxylation is 2. The molecule has 6 heteroatoms. The van der Waals surface area contributed by atoms with Crippen molar-refractivity contribution in [2.75, 3.05) is 25.5 Å². The first-order chi connectivity index (χ1) is 8.13. The molecule has 0 atom stereocenters. The highest BCUT2D eigenvalue weighted by Crippen LogP contribution is 2.19. The van der Waals surface area contributed by atoms with Gasteiger partial charge in [0, 0.05) is 26.2 Å². The first-order valence-electron chi connectivity index (χ1n) is 5.30. The van der Waals surface area contributed by atoms with E-state index >= 15 is 0 Å². The fraction of sp³-hybridized carbons (Fsp3) is 0.545. The molecule has 0 saturated heterocycles. The number of hydrogen-bond acceptors (Lipinski definition) is 5. The molecule has 1 aromatic heterocycles. The maximum absolute atomic E-state index is 8.70. The molecule has 0 spiro atoms. The number of aromatic nitrogens is 2. The minimum absolute atomic E-state index is 0.241. The van der Waals surface area contributed by atoms with E-state index in [9.17, 15) is 0 Å². The van der Waals surface area contributed by atoms with Crippen molar-refractivity contribution >= 4 is 5.82 Å². The quantitative estimate of drug-likeness (QED) is 0.753. The van der Waals surface area contributed by atoms with Gasteiger partial charge in [0.05, 0.1) is 30.9 Å². The summed E-state index contributed by atoms with van der Waals surface area (Å²) < 4.78 is 1.77. The third kappa shape index (κ3) is 2.96. The van der Waals surface area contributed by atoms with E-state index < -0.39 is 0 Å². The number of anilines is 1. The predicted molar refractivity (Wildman–Crippen MR) is 64.0 cm³/mol. The number of rotatable bonds is 5. The molecule has 90 valence electrons. The van der Waals surface area contributed by atoms with Gasteiger partial charge in [0.1, 0.15) is 5.82 Å². The topological polar surface area (TPSA) is 80.7 Å². The van der Waals surface area contributed by atoms with Gasteiger partial charge in [0.15, 0.2) is 0 Å². The zero-order chi connectivity index (χ0) is 12.8. The highest BCUT2D eigenvalue weighted by Gasteiger charge is 2.15. The lowest BCUT2D eigenvalue weighted by atomic mass is 10.2. The molecule has 17 heavy (non-hydrogen) atoms. The number of nitrogens with zero attached hydrogens (tertiary/aromatic N) is 5. The summed E-state index contributed by atoms with van der Waals surface area (Å²) in [5.41, 5.74) is 1.94. The lowest BCUT2D eigenvalue weighted by Gasteiger charge is -2.15. The van der Waals surface area contributed by atoms with Crippen molar-refractivity contribution in [3.63, 3.8) is 0 Å². The van der Waals surface area contributed by atoms with Crippen LogP contribution in [-0.2, 0) is 13.6 Å². The van der Waals surface area contributed by atoms with E-state index in [2.05, 4.69) is 22.6 Å². The van der Waals surface area contributed by atoms with Crippen LogP contribution < -0.4 is 5.32 Å². The lowest BCUT2D eigenvalue weighted by molar-refractivity contribution is 0.334. The van der Waals surface area contributed by atoms with Crippen LogP contribution in [0, 0.1) is 29.6 Å². The molecule has 1 N–H and O–H groups in total. The van der Waals surface area contributed by atoms with Crippen LogP contribution in [0.3, 0.4) is 0 Å². The summed E-state index contributed by atoms with van der Waals surface area (Å²) in [6.07, 6.45) is 0. The summed E-state index contributed by atoms with van der Waals surface area (Å²) in [7, 11) is 3.69. The van der Waals surface area contributed by atoms with Crippen molar-refractivity contribution < 1.29 is 0 Å². The molecule has 0 aliphatic heterocycles. The Morgan fingerprint density at radius 2 is 1.94 bits per heavy atom. The van der Waals surface area contributed by atoms with Gasteiger partial charge in [0.25, 0.3) is 0 Å². The van der Waals surface area contributed by atoms with E-state index in [0.717, 1.165) is 17.1 Å². The van der Waals surface area contributed by atoms with Crippen LogP contribution >= 0.6 is 0 Å². The molecule has 1 aromatic rings. The molecule has 0 radical (unpaired) electrons. The van der Waals surface area contributed by atoms with Crippen LogP contribution in [0.2, 0.25) is 0 Å². The smallest absolute Gasteiger partial charge is 0.128 e. The first-order valence-corrected chi connectivity index (χ1v) is 5.30. The van der Waals surface area contributed by atoms with Crippen molar-refractivity contribution in [1.29, 1.82) is 10.5 Å². The highest BCUT2D eigenvalue weighted by atomic mass is 15.3. The molecule has 0 amide bonds. The lowest BCUT2D eigenvalue weighted by Crippen LogP contribution is -2.24. The number of nitriles is 2. The minimum Gasteiger partial charge on any atom is -0.373 e. The summed E-state index contributed by atoms with van der Waals surface area (Å²) >= 11 is 0. The number of hydrogen-bond donors (Lipinski definition) is 1. The third-order valence-electron chi connectivity index (χ3n) is 2.55. The largest absolute Gasteiger partial charge is 0.373 e. The minimum atomic E-state index is 0.241. The Kier molecular flexibility index (Phi) is 4.50. The molecule has 0 aliphatic carbocycles. The molecular weight excluding hydrogens is 216 g/mol. The molecular formula is C11H16N6. The number of nitrogens with one attached hydrogen (secondary N) is 1. The van der Waals surface area contributed by atoms with Crippen LogP contribution in [0.5, 0.6) is 0 Å². The van der Waals surface area contributed by atoms with Crippen molar-refractivity contribution in [2.45, 2.75) is 13.5 Å². The van der Waals surface area contributed by atoms with Gasteiger partial charge in [-0.3, -0.25) is 9.58 Å². The van der Waals surface area contributed by atoms with Crippen molar-refractivity contribution in [3.05, 3.63) is 11.3 Å². The van der Waals surface area contributed by atoms with Crippen molar-refractivity contribution in [2.24, 2.45) is 7.05 Å². The predicted octanol–water partition coefficient (Wildman–Crippen LogP) is 0.619. The Hall–Kier alpha value is -2.05. The van der Waals surface area contributed by atoms with Gasteiger partial charge >= 0.3 is 0 Å². The van der Waals surface area contributed by atoms with Gasteiger partial charge in [-0.05, 0) is 6.92 Å². The van der Waals surface area contributed by atoms with Gasteiger partial charge in [0.2, 0.25) is 0 Å². The first kappa shape index (κ1) is 13.0. The fourth-order valence-corrected chi connectivity index (χ4v) is 1.80. The maximum atomic E-state index is 8.70. The standard InChI is InChI=1S/C11H16N6/c1-9-10(11(14-2)16(3)15-9)8-17(6-4-12)7-5-13/h14H,6-8H2,1-3H3. The third-order valence-corrected chi connectivity index (χ3v) is 2.55. The van der Waals surface area contributed by atoms with Gasteiger partial charge in [-0.1, -0.05) is 0 Å². The second-order valence-electron chi connectivity index (χ2n) is 3.75. The van der Waals surface area contributed by atoms with Crippen LogP contribution in [0.15, 0.2) is 0 Å². The normalized spacial score (nSPS) is 10.0. The van der Waals surface area contributed by atoms with Crippen LogP contribution in [0.25, 0.3) is 0 Å². The Labute approximate surface area is 101 Å².